The van der Waals surface area contributed by atoms with Crippen molar-refractivity contribution in [2.24, 2.45) is 0 Å². The summed E-state index contributed by atoms with van der Waals surface area (Å²) in [4.78, 5) is 24.4. The van der Waals surface area contributed by atoms with Crippen molar-refractivity contribution in [3.8, 4) is 0 Å². The molecule has 0 aliphatic heterocycles. The summed E-state index contributed by atoms with van der Waals surface area (Å²) < 4.78 is 0. The highest BCUT2D eigenvalue weighted by molar-refractivity contribution is 6.10. The molecule has 2 aliphatic carbocycles. The topological polar surface area (TPSA) is 34.1 Å². The van der Waals surface area contributed by atoms with Gasteiger partial charge in [0.05, 0.1) is 0 Å². The van der Waals surface area contributed by atoms with Crippen LogP contribution in [0.5, 0.6) is 0 Å². The highest BCUT2D eigenvalue weighted by Crippen LogP contribution is 2.25. The monoisotopic (exact) mass is 322 g/mol. The molecule has 0 radical (unpaired) electrons. The number of allylic oxidation sites excluding steroid dienone is 12. The highest BCUT2D eigenvalue weighted by atomic mass is 16.1. The minimum absolute atomic E-state index is 0.175. The maximum absolute atomic E-state index is 12.2. The lowest BCUT2D eigenvalue weighted by Gasteiger charge is -2.14. The second-order valence-electron chi connectivity index (χ2n) is 6.08. The zero-order chi connectivity index (χ0) is 17.7. The van der Waals surface area contributed by atoms with E-state index in [0.717, 1.165) is 59.1 Å². The van der Waals surface area contributed by atoms with Crippen LogP contribution in [0.1, 0.15) is 53.4 Å². The van der Waals surface area contributed by atoms with Gasteiger partial charge in [-0.3, -0.25) is 9.59 Å². The third-order valence-corrected chi connectivity index (χ3v) is 4.52. The molecule has 0 bridgehead atoms. The molecule has 0 heterocycles. The third kappa shape index (κ3) is 3.81. The van der Waals surface area contributed by atoms with E-state index in [1.54, 1.807) is 0 Å². The minimum atomic E-state index is 0.175. The van der Waals surface area contributed by atoms with Crippen molar-refractivity contribution < 1.29 is 9.59 Å². The van der Waals surface area contributed by atoms with Crippen molar-refractivity contribution in [1.82, 2.24) is 0 Å². The van der Waals surface area contributed by atoms with Gasteiger partial charge in [0.15, 0.2) is 11.6 Å². The summed E-state index contributed by atoms with van der Waals surface area (Å²) in [6.07, 6.45) is 15.0. The molecule has 0 N–H and O–H groups in total. The lowest BCUT2D eigenvalue weighted by atomic mass is 9.89. The molecule has 0 saturated carbocycles. The summed E-state index contributed by atoms with van der Waals surface area (Å²) in [6.45, 7) is 8.05. The fourth-order valence-corrected chi connectivity index (χ4v) is 3.00. The molecule has 0 saturated heterocycles. The van der Waals surface area contributed by atoms with E-state index in [1.807, 2.05) is 64.2 Å². The first-order valence-corrected chi connectivity index (χ1v) is 8.87. The van der Waals surface area contributed by atoms with Crippen LogP contribution >= 0.6 is 0 Å². The summed E-state index contributed by atoms with van der Waals surface area (Å²) in [5.41, 5.74) is 5.57. The molecular weight excluding hydrogens is 296 g/mol. The molecule has 2 nitrogen and oxygen atoms in total. The standard InChI is InChI=1S/C22H26O2/c1-5-17-11-15(12-18(6-2)21(17)23)9-10-16-13-19(7-3)22(24)20(8-4)14-16/h9-14H,5-8H2,1-4H3. The predicted molar refractivity (Wildman–Crippen MR) is 99.7 cm³/mol. The van der Waals surface area contributed by atoms with Crippen molar-refractivity contribution in [2.45, 2.75) is 53.4 Å². The Morgan fingerprint density at radius 1 is 0.583 bits per heavy atom. The molecule has 0 aromatic heterocycles. The van der Waals surface area contributed by atoms with Gasteiger partial charge in [0.2, 0.25) is 0 Å². The van der Waals surface area contributed by atoms with Crippen LogP contribution in [0, 0.1) is 0 Å². The Hall–Kier alpha value is -2.22. The highest BCUT2D eigenvalue weighted by Gasteiger charge is 2.18. The Morgan fingerprint density at radius 3 is 1.04 bits per heavy atom. The molecule has 0 amide bonds. The van der Waals surface area contributed by atoms with Crippen LogP contribution in [0.4, 0.5) is 0 Å². The smallest absolute Gasteiger partial charge is 0.185 e. The normalized spacial score (nSPS) is 18.0. The van der Waals surface area contributed by atoms with E-state index in [0.29, 0.717) is 0 Å². The van der Waals surface area contributed by atoms with Gasteiger partial charge in [0.25, 0.3) is 0 Å². The summed E-state index contributed by atoms with van der Waals surface area (Å²) in [5, 5.41) is 0. The van der Waals surface area contributed by atoms with Gasteiger partial charge in [0, 0.05) is 22.3 Å². The number of carbonyl (C=O) groups excluding carboxylic acids is 2. The van der Waals surface area contributed by atoms with E-state index in [2.05, 4.69) is 0 Å². The minimum Gasteiger partial charge on any atom is -0.289 e. The van der Waals surface area contributed by atoms with Crippen molar-refractivity contribution in [3.05, 3.63) is 69.9 Å². The average Bonchev–Trinajstić information content (AvgIpc) is 2.61. The molecule has 126 valence electrons. The van der Waals surface area contributed by atoms with Crippen molar-refractivity contribution in [2.75, 3.05) is 0 Å². The molecular formula is C22H26O2. The van der Waals surface area contributed by atoms with E-state index < -0.39 is 0 Å². The summed E-state index contributed by atoms with van der Waals surface area (Å²) in [5.74, 6) is 0.351. The lowest BCUT2D eigenvalue weighted by molar-refractivity contribution is -0.113. The van der Waals surface area contributed by atoms with E-state index in [9.17, 15) is 9.59 Å². The number of ketones is 2. The Labute approximate surface area is 145 Å². The molecule has 0 spiro atoms. The van der Waals surface area contributed by atoms with Crippen LogP contribution in [0.15, 0.2) is 69.9 Å². The SMILES string of the molecule is CCC1=CC(=CC=C2C=C(CC)C(=O)C(CC)=C2)C=C(CC)C1=O. The number of Topliss-reactive ketones (excluding diaryl/α,β-unsaturated/α-hetero) is 2. The van der Waals surface area contributed by atoms with Gasteiger partial charge in [-0.15, -0.1) is 0 Å². The largest absolute Gasteiger partial charge is 0.289 e. The number of carbonyl (C=O) groups is 2. The van der Waals surface area contributed by atoms with Gasteiger partial charge in [-0.2, -0.15) is 0 Å². The van der Waals surface area contributed by atoms with Crippen LogP contribution in [0.2, 0.25) is 0 Å². The number of hydrogen-bond donors (Lipinski definition) is 0. The van der Waals surface area contributed by atoms with Crippen LogP contribution < -0.4 is 0 Å². The molecule has 2 aliphatic rings. The van der Waals surface area contributed by atoms with Crippen LogP contribution in [-0.4, -0.2) is 11.6 Å². The maximum Gasteiger partial charge on any atom is 0.185 e. The maximum atomic E-state index is 12.2. The molecule has 0 aromatic rings. The van der Waals surface area contributed by atoms with Crippen LogP contribution in [0.3, 0.4) is 0 Å². The van der Waals surface area contributed by atoms with E-state index in [1.165, 1.54) is 0 Å². The fraction of sp³-hybridized carbons (Fsp3) is 0.364. The average molecular weight is 322 g/mol. The molecule has 24 heavy (non-hydrogen) atoms. The van der Waals surface area contributed by atoms with E-state index in [-0.39, 0.29) is 11.6 Å². The quantitative estimate of drug-likeness (QED) is 0.683. The fourth-order valence-electron chi connectivity index (χ4n) is 3.00. The summed E-state index contributed by atoms with van der Waals surface area (Å²) >= 11 is 0. The molecule has 0 atom stereocenters. The summed E-state index contributed by atoms with van der Waals surface area (Å²) in [7, 11) is 0. The molecule has 2 rings (SSSR count). The van der Waals surface area contributed by atoms with Crippen molar-refractivity contribution in [1.29, 1.82) is 0 Å². The molecule has 0 fully saturated rings. The molecule has 2 heteroatoms. The van der Waals surface area contributed by atoms with Gasteiger partial charge < -0.3 is 0 Å². The van der Waals surface area contributed by atoms with E-state index in [4.69, 9.17) is 0 Å². The van der Waals surface area contributed by atoms with Gasteiger partial charge in [-0.1, -0.05) is 39.8 Å². The summed E-state index contributed by atoms with van der Waals surface area (Å²) in [6, 6.07) is 0. The third-order valence-electron chi connectivity index (χ3n) is 4.52. The van der Waals surface area contributed by atoms with Gasteiger partial charge in [-0.25, -0.2) is 0 Å². The van der Waals surface area contributed by atoms with Crippen LogP contribution in [0.25, 0.3) is 0 Å². The number of rotatable bonds is 5. The Kier molecular flexibility index (Phi) is 6.08. The van der Waals surface area contributed by atoms with Gasteiger partial charge >= 0.3 is 0 Å². The predicted octanol–water partition coefficient (Wildman–Crippen LogP) is 5.35. The lowest BCUT2D eigenvalue weighted by Crippen LogP contribution is -2.10. The zero-order valence-corrected chi connectivity index (χ0v) is 15.1. The van der Waals surface area contributed by atoms with Crippen LogP contribution in [-0.2, 0) is 9.59 Å². The first-order chi connectivity index (χ1) is 11.5. The van der Waals surface area contributed by atoms with Gasteiger partial charge in [-0.05, 0) is 61.1 Å². The second kappa shape index (κ2) is 8.05. The Balaban J connectivity index is 2.38. The van der Waals surface area contributed by atoms with Gasteiger partial charge in [0.1, 0.15) is 0 Å². The Bertz CT molecular complexity index is 618. The first kappa shape index (κ1) is 18.1. The van der Waals surface area contributed by atoms with Crippen molar-refractivity contribution in [3.63, 3.8) is 0 Å². The first-order valence-electron chi connectivity index (χ1n) is 8.87. The molecule has 0 aromatic carbocycles. The van der Waals surface area contributed by atoms with E-state index >= 15 is 0 Å². The zero-order valence-electron chi connectivity index (χ0n) is 15.1. The van der Waals surface area contributed by atoms with Crippen molar-refractivity contribution >= 4 is 11.6 Å². The second-order valence-corrected chi connectivity index (χ2v) is 6.08. The molecule has 0 unspecified atom stereocenters. The number of hydrogen-bond acceptors (Lipinski definition) is 2. The Morgan fingerprint density at radius 2 is 0.833 bits per heavy atom.